The van der Waals surface area contributed by atoms with Crippen molar-refractivity contribution < 1.29 is 19.1 Å². The van der Waals surface area contributed by atoms with Gasteiger partial charge in [-0.2, -0.15) is 0 Å². The molecule has 0 aliphatic carbocycles. The van der Waals surface area contributed by atoms with Crippen molar-refractivity contribution in [2.24, 2.45) is 7.05 Å². The molecule has 4 aromatic rings. The van der Waals surface area contributed by atoms with Crippen molar-refractivity contribution in [1.29, 1.82) is 0 Å². The minimum Gasteiger partial charge on any atom is -0.454 e. The van der Waals surface area contributed by atoms with Gasteiger partial charge in [0.05, 0.1) is 5.56 Å². The molecule has 0 spiro atoms. The molecular formula is C27H21N3O4. The van der Waals surface area contributed by atoms with E-state index in [1.54, 1.807) is 66.5 Å². The molecule has 34 heavy (non-hydrogen) atoms. The van der Waals surface area contributed by atoms with Gasteiger partial charge in [0, 0.05) is 42.7 Å². The molecule has 0 fully saturated rings. The highest BCUT2D eigenvalue weighted by Crippen LogP contribution is 2.31. The van der Waals surface area contributed by atoms with Crippen molar-refractivity contribution >= 4 is 23.3 Å². The summed E-state index contributed by atoms with van der Waals surface area (Å²) in [5.41, 5.74) is 3.63. The number of carbonyl (C=O) groups is 3. The van der Waals surface area contributed by atoms with Gasteiger partial charge in [-0.1, -0.05) is 30.3 Å². The summed E-state index contributed by atoms with van der Waals surface area (Å²) in [7, 11) is 1.76. The van der Waals surface area contributed by atoms with Crippen molar-refractivity contribution in [3.05, 3.63) is 119 Å². The number of benzene rings is 3. The van der Waals surface area contributed by atoms with E-state index in [9.17, 15) is 14.4 Å². The molecule has 7 heteroatoms. The molecule has 7 nitrogen and oxygen atoms in total. The largest absolute Gasteiger partial charge is 0.454 e. The normalized spacial score (nSPS) is 14.7. The number of hydrogen-bond donors (Lipinski definition) is 1. The van der Waals surface area contributed by atoms with Crippen LogP contribution in [0.15, 0.2) is 85.2 Å². The first kappa shape index (κ1) is 21.3. The van der Waals surface area contributed by atoms with Gasteiger partial charge in [-0.15, -0.1) is 0 Å². The van der Waals surface area contributed by atoms with Crippen molar-refractivity contribution in [2.75, 3.05) is 5.32 Å². The number of nitrogens with one attached hydrogen (secondary N) is 1. The fourth-order valence-electron chi connectivity index (χ4n) is 4.01. The quantitative estimate of drug-likeness (QED) is 0.360. The van der Waals surface area contributed by atoms with Gasteiger partial charge in [0.1, 0.15) is 6.10 Å². The molecule has 1 unspecified atom stereocenters. The Morgan fingerprint density at radius 3 is 2.44 bits per heavy atom. The van der Waals surface area contributed by atoms with Gasteiger partial charge >= 0.3 is 5.97 Å². The van der Waals surface area contributed by atoms with Crippen LogP contribution in [0.5, 0.6) is 0 Å². The molecule has 2 heterocycles. The second-order valence-electron chi connectivity index (χ2n) is 8.10. The number of hydrogen-bond acceptors (Lipinski definition) is 5. The average molecular weight is 451 g/mol. The standard InChI is InChI=1S/C27H21N3O4/c1-30-14-13-28-25(30)24(31)18-7-10-21(11-8-18)29-26(32)19-9-12-22-20(15-19)16-23(34-27(22)33)17-5-3-2-4-6-17/h2-15,23H,16H2,1H3,(H,29,32). The van der Waals surface area contributed by atoms with E-state index < -0.39 is 5.97 Å². The zero-order valence-electron chi connectivity index (χ0n) is 18.4. The Kier molecular flexibility index (Phi) is 5.51. The van der Waals surface area contributed by atoms with Crippen LogP contribution in [0.2, 0.25) is 0 Å². The SMILES string of the molecule is Cn1ccnc1C(=O)c1ccc(NC(=O)c2ccc3c(c2)CC(c2ccccc2)OC3=O)cc1. The Balaban J connectivity index is 1.32. The number of rotatable bonds is 5. The lowest BCUT2D eigenvalue weighted by Crippen LogP contribution is -2.23. The molecule has 1 aromatic heterocycles. The summed E-state index contributed by atoms with van der Waals surface area (Å²) in [5.74, 6) is -0.547. The van der Waals surface area contributed by atoms with Crippen LogP contribution in [0.25, 0.3) is 0 Å². The van der Waals surface area contributed by atoms with E-state index in [2.05, 4.69) is 10.3 Å². The van der Waals surface area contributed by atoms with E-state index in [1.165, 1.54) is 0 Å². The van der Waals surface area contributed by atoms with Crippen LogP contribution in [-0.4, -0.2) is 27.2 Å². The van der Waals surface area contributed by atoms with Gasteiger partial charge < -0.3 is 14.6 Å². The number of ketones is 1. The van der Waals surface area contributed by atoms with Gasteiger partial charge in [-0.3, -0.25) is 9.59 Å². The molecule has 1 aliphatic rings. The number of carbonyl (C=O) groups excluding carboxylic acids is 3. The van der Waals surface area contributed by atoms with Crippen LogP contribution in [0, 0.1) is 0 Å². The molecule has 1 atom stereocenters. The number of cyclic esters (lactones) is 1. The second-order valence-corrected chi connectivity index (χ2v) is 8.10. The maximum Gasteiger partial charge on any atom is 0.339 e. The molecule has 168 valence electrons. The molecule has 0 bridgehead atoms. The number of nitrogens with zero attached hydrogens (tertiary/aromatic N) is 2. The second kappa shape index (κ2) is 8.78. The van der Waals surface area contributed by atoms with E-state index in [-0.39, 0.29) is 17.8 Å². The maximum atomic E-state index is 12.9. The number of imidazole rings is 1. The third-order valence-electron chi connectivity index (χ3n) is 5.84. The van der Waals surface area contributed by atoms with Crippen LogP contribution in [0.4, 0.5) is 5.69 Å². The van der Waals surface area contributed by atoms with Gasteiger partial charge in [-0.05, 0) is 53.6 Å². The van der Waals surface area contributed by atoms with E-state index in [1.807, 2.05) is 30.3 Å². The maximum absolute atomic E-state index is 12.9. The zero-order chi connectivity index (χ0) is 23.7. The molecule has 0 saturated carbocycles. The highest BCUT2D eigenvalue weighted by molar-refractivity contribution is 6.08. The lowest BCUT2D eigenvalue weighted by Gasteiger charge is -2.25. The summed E-state index contributed by atoms with van der Waals surface area (Å²) in [4.78, 5) is 42.0. The van der Waals surface area contributed by atoms with Crippen LogP contribution in [0.1, 0.15) is 54.1 Å². The van der Waals surface area contributed by atoms with Crippen molar-refractivity contribution in [3.63, 3.8) is 0 Å². The number of aryl methyl sites for hydroxylation is 1. The highest BCUT2D eigenvalue weighted by Gasteiger charge is 2.28. The molecule has 0 radical (unpaired) electrons. The van der Waals surface area contributed by atoms with Gasteiger partial charge in [0.15, 0.2) is 5.82 Å². The molecule has 3 aromatic carbocycles. The fraction of sp³-hybridized carbons (Fsp3) is 0.111. The lowest BCUT2D eigenvalue weighted by molar-refractivity contribution is 0.0252. The molecule has 0 saturated heterocycles. The Bertz CT molecular complexity index is 1390. The number of ether oxygens (including phenoxy) is 1. The first-order valence-electron chi connectivity index (χ1n) is 10.8. The average Bonchev–Trinajstić information content (AvgIpc) is 3.30. The van der Waals surface area contributed by atoms with E-state index in [0.29, 0.717) is 34.6 Å². The summed E-state index contributed by atoms with van der Waals surface area (Å²) < 4.78 is 7.25. The van der Waals surface area contributed by atoms with Crippen molar-refractivity contribution in [3.8, 4) is 0 Å². The zero-order valence-corrected chi connectivity index (χ0v) is 18.4. The number of anilines is 1. The Morgan fingerprint density at radius 1 is 1.00 bits per heavy atom. The van der Waals surface area contributed by atoms with Gasteiger partial charge in [-0.25, -0.2) is 9.78 Å². The third-order valence-corrected chi connectivity index (χ3v) is 5.84. The Morgan fingerprint density at radius 2 is 1.74 bits per heavy atom. The number of fused-ring (bicyclic) bond motifs is 1. The first-order chi connectivity index (χ1) is 16.5. The monoisotopic (exact) mass is 451 g/mol. The summed E-state index contributed by atoms with van der Waals surface area (Å²) in [6.07, 6.45) is 3.39. The van der Waals surface area contributed by atoms with Crippen molar-refractivity contribution in [2.45, 2.75) is 12.5 Å². The number of esters is 1. The van der Waals surface area contributed by atoms with Crippen LogP contribution in [-0.2, 0) is 18.2 Å². The summed E-state index contributed by atoms with van der Waals surface area (Å²) in [6.45, 7) is 0. The van der Waals surface area contributed by atoms with Crippen LogP contribution in [0.3, 0.4) is 0 Å². The van der Waals surface area contributed by atoms with E-state index in [0.717, 1.165) is 11.1 Å². The summed E-state index contributed by atoms with van der Waals surface area (Å²) in [6, 6.07) is 21.2. The van der Waals surface area contributed by atoms with Crippen molar-refractivity contribution in [1.82, 2.24) is 9.55 Å². The summed E-state index contributed by atoms with van der Waals surface area (Å²) in [5, 5.41) is 2.84. The molecule has 1 amide bonds. The molecule has 5 rings (SSSR count). The van der Waals surface area contributed by atoms with Gasteiger partial charge in [0.25, 0.3) is 5.91 Å². The number of amides is 1. The van der Waals surface area contributed by atoms with E-state index in [4.69, 9.17) is 4.74 Å². The molecule has 1 N–H and O–H groups in total. The Labute approximate surface area is 196 Å². The number of aromatic nitrogens is 2. The lowest BCUT2D eigenvalue weighted by atomic mass is 9.93. The predicted molar refractivity (Wildman–Crippen MR) is 126 cm³/mol. The molecule has 1 aliphatic heterocycles. The minimum atomic E-state index is -0.393. The van der Waals surface area contributed by atoms with Gasteiger partial charge in [0.2, 0.25) is 5.78 Å². The smallest absolute Gasteiger partial charge is 0.339 e. The Hall–Kier alpha value is -4.52. The fourth-order valence-corrected chi connectivity index (χ4v) is 4.01. The highest BCUT2D eigenvalue weighted by atomic mass is 16.5. The minimum absolute atomic E-state index is 0.195. The third kappa shape index (κ3) is 4.11. The van der Waals surface area contributed by atoms with Crippen LogP contribution >= 0.6 is 0 Å². The summed E-state index contributed by atoms with van der Waals surface area (Å²) >= 11 is 0. The van der Waals surface area contributed by atoms with E-state index >= 15 is 0 Å². The predicted octanol–water partition coefficient (Wildman–Crippen LogP) is 4.36. The first-order valence-corrected chi connectivity index (χ1v) is 10.8. The molecular weight excluding hydrogens is 430 g/mol. The topological polar surface area (TPSA) is 90.3 Å². The van der Waals surface area contributed by atoms with Crippen LogP contribution < -0.4 is 5.32 Å².